The fourth-order valence-electron chi connectivity index (χ4n) is 1.64. The molecule has 1 rings (SSSR count). The van der Waals surface area contributed by atoms with Crippen molar-refractivity contribution in [2.45, 2.75) is 20.8 Å². The molecule has 1 aromatic carbocycles. The highest BCUT2D eigenvalue weighted by atomic mass is 32.7. The molecule has 0 saturated carbocycles. The van der Waals surface area contributed by atoms with E-state index in [0.29, 0.717) is 36.0 Å². The van der Waals surface area contributed by atoms with Crippen LogP contribution in [0.4, 0.5) is 16.2 Å². The van der Waals surface area contributed by atoms with Crippen molar-refractivity contribution in [1.82, 2.24) is 0 Å². The van der Waals surface area contributed by atoms with Gasteiger partial charge in [-0.3, -0.25) is 9.99 Å². The molecule has 0 saturated heterocycles. The molecule has 0 fully saturated rings. The summed E-state index contributed by atoms with van der Waals surface area (Å²) >= 11 is 0.680. The Morgan fingerprint density at radius 2 is 1.74 bits per heavy atom. The standard InChI is InChI=1S/C16H25N4O5PS/c1-5-23-15(24-6-2)18-14(27-26(4,22)16(21)25-7-3)20-19-13-11-9-8-10-12(13)17/h8-11,19H,5-7,17H2,1-4H3. The van der Waals surface area contributed by atoms with E-state index in [9.17, 15) is 9.36 Å². The highest BCUT2D eigenvalue weighted by molar-refractivity contribution is 8.69. The SMILES string of the molecule is CCOC(=O)P(C)(=O)SC(N=C(OCC)OCC)=NNc1ccccc1N. The maximum absolute atomic E-state index is 12.7. The maximum atomic E-state index is 12.7. The molecule has 0 aromatic heterocycles. The van der Waals surface area contributed by atoms with Crippen molar-refractivity contribution in [2.24, 2.45) is 10.1 Å². The Hall–Kier alpha value is -2.19. The Bertz CT molecular complexity index is 733. The summed E-state index contributed by atoms with van der Waals surface area (Å²) in [6.07, 6.45) is -3.49. The maximum Gasteiger partial charge on any atom is 0.390 e. The molecule has 0 bridgehead atoms. The normalized spacial score (nSPS) is 13.3. The van der Waals surface area contributed by atoms with Gasteiger partial charge in [0.1, 0.15) is 0 Å². The summed E-state index contributed by atoms with van der Waals surface area (Å²) in [6, 6.07) is 6.97. The number of carbonyl (C=O) groups is 1. The van der Waals surface area contributed by atoms with Gasteiger partial charge in [0.05, 0.1) is 31.2 Å². The Morgan fingerprint density at radius 3 is 2.30 bits per heavy atom. The van der Waals surface area contributed by atoms with Crippen LogP contribution in [0.25, 0.3) is 0 Å². The first-order valence-electron chi connectivity index (χ1n) is 8.30. The topological polar surface area (TPSA) is 125 Å². The first-order chi connectivity index (χ1) is 12.8. The van der Waals surface area contributed by atoms with E-state index in [2.05, 4.69) is 15.5 Å². The van der Waals surface area contributed by atoms with E-state index in [1.54, 1.807) is 45.0 Å². The Morgan fingerprint density at radius 1 is 1.15 bits per heavy atom. The number of benzene rings is 1. The van der Waals surface area contributed by atoms with Crippen LogP contribution in [0.5, 0.6) is 0 Å². The number of anilines is 2. The number of nitrogens with zero attached hydrogens (tertiary/aromatic N) is 2. The molecular formula is C16H25N4O5PS. The van der Waals surface area contributed by atoms with Gasteiger partial charge >= 0.3 is 11.8 Å². The van der Waals surface area contributed by atoms with Crippen molar-refractivity contribution in [1.29, 1.82) is 0 Å². The third-order valence-electron chi connectivity index (χ3n) is 2.81. The van der Waals surface area contributed by atoms with E-state index < -0.39 is 12.1 Å². The zero-order valence-corrected chi connectivity index (χ0v) is 17.5. The van der Waals surface area contributed by atoms with E-state index in [0.717, 1.165) is 0 Å². The van der Waals surface area contributed by atoms with E-state index in [1.807, 2.05) is 0 Å². The second-order valence-corrected chi connectivity index (χ2v) is 10.2. The quantitative estimate of drug-likeness (QED) is 0.223. The van der Waals surface area contributed by atoms with Crippen molar-refractivity contribution >= 4 is 46.1 Å². The summed E-state index contributed by atoms with van der Waals surface area (Å²) in [5, 5.41) is 4.09. The smallest absolute Gasteiger partial charge is 0.390 e. The van der Waals surface area contributed by atoms with Gasteiger partial charge in [-0.25, -0.2) is 4.79 Å². The van der Waals surface area contributed by atoms with Gasteiger partial charge in [0.15, 0.2) is 0 Å². The van der Waals surface area contributed by atoms with Crippen molar-refractivity contribution < 1.29 is 23.6 Å². The molecule has 3 N–H and O–H groups in total. The number of nitrogens with one attached hydrogen (secondary N) is 1. The molecule has 0 spiro atoms. The molecule has 0 aliphatic carbocycles. The van der Waals surface area contributed by atoms with Crippen LogP contribution in [0.2, 0.25) is 0 Å². The second-order valence-electron chi connectivity index (χ2n) is 4.97. The van der Waals surface area contributed by atoms with Gasteiger partial charge in [-0.05, 0) is 44.3 Å². The zero-order valence-electron chi connectivity index (χ0n) is 15.8. The lowest BCUT2D eigenvalue weighted by Gasteiger charge is -2.12. The van der Waals surface area contributed by atoms with E-state index in [1.165, 1.54) is 6.66 Å². The van der Waals surface area contributed by atoms with Gasteiger partial charge in [0.25, 0.3) is 0 Å². The van der Waals surface area contributed by atoms with Crippen LogP contribution >= 0.6 is 17.7 Å². The molecule has 0 radical (unpaired) electrons. The highest BCUT2D eigenvalue weighted by Crippen LogP contribution is 2.57. The minimum absolute atomic E-state index is 0.0194. The highest BCUT2D eigenvalue weighted by Gasteiger charge is 2.31. The molecule has 9 nitrogen and oxygen atoms in total. The zero-order chi connectivity index (χ0) is 20.3. The van der Waals surface area contributed by atoms with Crippen LogP contribution in [-0.4, -0.2) is 43.4 Å². The lowest BCUT2D eigenvalue weighted by Crippen LogP contribution is -2.12. The van der Waals surface area contributed by atoms with Crippen molar-refractivity contribution in [3.05, 3.63) is 24.3 Å². The molecule has 1 aromatic rings. The summed E-state index contributed by atoms with van der Waals surface area (Å²) in [7, 11) is 0. The molecule has 27 heavy (non-hydrogen) atoms. The lowest BCUT2D eigenvalue weighted by atomic mass is 10.3. The second kappa shape index (κ2) is 11.5. The van der Waals surface area contributed by atoms with E-state index in [4.69, 9.17) is 19.9 Å². The fourth-order valence-corrected chi connectivity index (χ4v) is 4.15. The van der Waals surface area contributed by atoms with Gasteiger partial charge in [-0.1, -0.05) is 12.1 Å². The average Bonchev–Trinajstić information content (AvgIpc) is 2.61. The summed E-state index contributed by atoms with van der Waals surface area (Å²) in [4.78, 5) is 16.1. The number of hydrazone groups is 1. The van der Waals surface area contributed by atoms with Crippen molar-refractivity contribution in [3.8, 4) is 0 Å². The number of nitrogens with two attached hydrogens (primary N) is 1. The summed E-state index contributed by atoms with van der Waals surface area (Å²) in [5.74, 6) is 0. The number of ether oxygens (including phenoxy) is 3. The summed E-state index contributed by atoms with van der Waals surface area (Å²) in [6.45, 7) is 7.22. The van der Waals surface area contributed by atoms with Gasteiger partial charge in [-0.15, -0.1) is 10.1 Å². The van der Waals surface area contributed by atoms with Gasteiger partial charge in [0, 0.05) is 6.66 Å². The Kier molecular flexibility index (Phi) is 9.74. The largest absolute Gasteiger partial charge is 0.460 e. The third kappa shape index (κ3) is 7.92. The third-order valence-corrected chi connectivity index (χ3v) is 6.28. The van der Waals surface area contributed by atoms with Crippen LogP contribution in [0.1, 0.15) is 20.8 Å². The molecule has 11 heteroatoms. The van der Waals surface area contributed by atoms with Gasteiger partial charge in [0.2, 0.25) is 11.5 Å². The molecule has 0 aliphatic rings. The van der Waals surface area contributed by atoms with E-state index in [-0.39, 0.29) is 17.9 Å². The number of para-hydroxylation sites is 2. The van der Waals surface area contributed by atoms with Gasteiger partial charge < -0.3 is 19.9 Å². The van der Waals surface area contributed by atoms with Crippen molar-refractivity contribution in [2.75, 3.05) is 37.6 Å². The molecule has 0 amide bonds. The summed E-state index contributed by atoms with van der Waals surface area (Å²) in [5.41, 5.74) is 8.80. The van der Waals surface area contributed by atoms with Crippen LogP contribution < -0.4 is 11.2 Å². The Balaban J connectivity index is 3.16. The van der Waals surface area contributed by atoms with Crippen LogP contribution in [0.15, 0.2) is 34.4 Å². The molecule has 0 aliphatic heterocycles. The molecule has 150 valence electrons. The predicted molar refractivity (Wildman–Crippen MR) is 111 cm³/mol. The first-order valence-corrected chi connectivity index (χ1v) is 11.9. The Labute approximate surface area is 162 Å². The molecule has 1 atom stereocenters. The lowest BCUT2D eigenvalue weighted by molar-refractivity contribution is 0.179. The number of aliphatic imine (C=N–C) groups is 1. The number of hydrogen-bond acceptors (Lipinski definition) is 9. The van der Waals surface area contributed by atoms with Crippen molar-refractivity contribution in [3.63, 3.8) is 0 Å². The minimum Gasteiger partial charge on any atom is -0.460 e. The molecule has 0 heterocycles. The summed E-state index contributed by atoms with van der Waals surface area (Å²) < 4.78 is 28.1. The van der Waals surface area contributed by atoms with Gasteiger partial charge in [-0.2, -0.15) is 0 Å². The first kappa shape index (κ1) is 22.9. The number of hydrogen-bond donors (Lipinski definition) is 2. The minimum atomic E-state index is -3.45. The van der Waals surface area contributed by atoms with E-state index >= 15 is 0 Å². The molecule has 1 unspecified atom stereocenters. The number of amidine groups is 1. The fraction of sp³-hybridized carbons (Fsp3) is 0.438. The number of rotatable bonds is 7. The van der Waals surface area contributed by atoms with Crippen LogP contribution in [-0.2, 0) is 18.8 Å². The van der Waals surface area contributed by atoms with Crippen LogP contribution in [0, 0.1) is 0 Å². The monoisotopic (exact) mass is 416 g/mol. The number of carbonyl (C=O) groups excluding carboxylic acids is 1. The average molecular weight is 416 g/mol. The number of nitrogen functional groups attached to an aromatic ring is 1. The predicted octanol–water partition coefficient (Wildman–Crippen LogP) is 4.18. The molecular weight excluding hydrogens is 391 g/mol. The van der Waals surface area contributed by atoms with Crippen LogP contribution in [0.3, 0.4) is 0 Å².